The van der Waals surface area contributed by atoms with Crippen LogP contribution < -0.4 is 15.4 Å². The van der Waals surface area contributed by atoms with Gasteiger partial charge < -0.3 is 20.1 Å². The molecule has 0 saturated carbocycles. The second-order valence-corrected chi connectivity index (χ2v) is 7.06. The van der Waals surface area contributed by atoms with Crippen molar-refractivity contribution in [3.8, 4) is 5.75 Å². The lowest BCUT2D eigenvalue weighted by Gasteiger charge is -2.30. The van der Waals surface area contributed by atoms with E-state index in [9.17, 15) is 4.79 Å². The Labute approximate surface area is 167 Å². The van der Waals surface area contributed by atoms with Crippen molar-refractivity contribution in [3.63, 3.8) is 0 Å². The molecule has 2 N–H and O–H groups in total. The van der Waals surface area contributed by atoms with Crippen LogP contribution in [0.1, 0.15) is 64.5 Å². The van der Waals surface area contributed by atoms with Crippen LogP contribution in [-0.2, 0) is 9.53 Å². The monoisotopic (exact) mass is 390 g/mol. The summed E-state index contributed by atoms with van der Waals surface area (Å²) < 4.78 is 11.4. The maximum absolute atomic E-state index is 12.8. The Kier molecular flexibility index (Phi) is 8.58. The van der Waals surface area contributed by atoms with Crippen LogP contribution in [0.2, 0.25) is 0 Å². The zero-order chi connectivity index (χ0) is 19.6. The Morgan fingerprint density at radius 3 is 2.63 bits per heavy atom. The second-order valence-electron chi connectivity index (χ2n) is 6.65. The van der Waals surface area contributed by atoms with E-state index in [-0.39, 0.29) is 5.97 Å². The van der Waals surface area contributed by atoms with Crippen molar-refractivity contribution in [1.82, 2.24) is 10.6 Å². The first kappa shape index (κ1) is 21.2. The molecule has 0 saturated heterocycles. The van der Waals surface area contributed by atoms with Gasteiger partial charge >= 0.3 is 5.97 Å². The SMILES string of the molecule is CCCCCCOC(=O)C1=C(C)NC(=S)N[C@H]1c1ccccc1OCCC. The number of esters is 1. The predicted molar refractivity (Wildman–Crippen MR) is 112 cm³/mol. The van der Waals surface area contributed by atoms with Gasteiger partial charge in [-0.2, -0.15) is 0 Å². The molecule has 2 rings (SSSR count). The molecule has 1 heterocycles. The Morgan fingerprint density at radius 2 is 1.89 bits per heavy atom. The fourth-order valence-electron chi connectivity index (χ4n) is 3.03. The summed E-state index contributed by atoms with van der Waals surface area (Å²) in [6, 6.07) is 7.34. The molecular weight excluding hydrogens is 360 g/mol. The highest BCUT2D eigenvalue weighted by Crippen LogP contribution is 2.33. The lowest BCUT2D eigenvalue weighted by molar-refractivity contribution is -0.139. The number of ether oxygens (including phenoxy) is 2. The molecule has 6 heteroatoms. The van der Waals surface area contributed by atoms with Gasteiger partial charge in [0.1, 0.15) is 5.75 Å². The molecule has 0 unspecified atom stereocenters. The van der Waals surface area contributed by atoms with Crippen molar-refractivity contribution in [2.45, 2.75) is 58.9 Å². The van der Waals surface area contributed by atoms with Gasteiger partial charge in [-0.25, -0.2) is 4.79 Å². The standard InChI is InChI=1S/C21H30N2O3S/c1-4-6-7-10-14-26-20(24)18-15(3)22-21(27)23-19(18)16-11-8-9-12-17(16)25-13-5-2/h8-9,11-12,19H,4-7,10,13-14H2,1-3H3,(H2,22,23,27)/t19-/m0/s1. The number of allylic oxidation sites excluding steroid dienone is 1. The molecule has 0 radical (unpaired) electrons. The summed E-state index contributed by atoms with van der Waals surface area (Å²) in [5.41, 5.74) is 2.14. The fourth-order valence-corrected chi connectivity index (χ4v) is 3.30. The molecule has 0 amide bonds. The van der Waals surface area contributed by atoms with Crippen molar-refractivity contribution in [2.24, 2.45) is 0 Å². The molecule has 0 aliphatic carbocycles. The lowest BCUT2D eigenvalue weighted by atomic mass is 9.95. The third-order valence-electron chi connectivity index (χ3n) is 4.41. The smallest absolute Gasteiger partial charge is 0.338 e. The van der Waals surface area contributed by atoms with Gasteiger partial charge in [-0.05, 0) is 38.0 Å². The van der Waals surface area contributed by atoms with E-state index in [1.807, 2.05) is 31.2 Å². The molecule has 1 aromatic carbocycles. The average Bonchev–Trinajstić information content (AvgIpc) is 2.65. The van der Waals surface area contributed by atoms with Crippen molar-refractivity contribution in [1.29, 1.82) is 0 Å². The van der Waals surface area contributed by atoms with Crippen molar-refractivity contribution >= 4 is 23.3 Å². The van der Waals surface area contributed by atoms with Gasteiger partial charge in [0, 0.05) is 11.3 Å². The van der Waals surface area contributed by atoms with Crippen LogP contribution in [0.5, 0.6) is 5.75 Å². The zero-order valence-corrected chi connectivity index (χ0v) is 17.3. The fraction of sp³-hybridized carbons (Fsp3) is 0.524. The highest BCUT2D eigenvalue weighted by Gasteiger charge is 2.32. The number of para-hydroxylation sites is 1. The number of benzene rings is 1. The number of thiocarbonyl (C=S) groups is 1. The molecule has 5 nitrogen and oxygen atoms in total. The molecule has 0 fully saturated rings. The lowest BCUT2D eigenvalue weighted by Crippen LogP contribution is -2.45. The van der Waals surface area contributed by atoms with Gasteiger partial charge in [-0.15, -0.1) is 0 Å². The van der Waals surface area contributed by atoms with Crippen molar-refractivity contribution < 1.29 is 14.3 Å². The maximum atomic E-state index is 12.8. The molecule has 1 atom stereocenters. The molecule has 1 aliphatic heterocycles. The molecule has 0 bridgehead atoms. The first-order valence-corrected chi connectivity index (χ1v) is 10.2. The van der Waals surface area contributed by atoms with E-state index in [0.717, 1.165) is 43.4 Å². The highest BCUT2D eigenvalue weighted by atomic mass is 32.1. The Bertz CT molecular complexity index is 688. The molecule has 0 aromatic heterocycles. The zero-order valence-electron chi connectivity index (χ0n) is 16.5. The summed E-state index contributed by atoms with van der Waals surface area (Å²) in [4.78, 5) is 12.8. The third kappa shape index (κ3) is 5.96. The van der Waals surface area contributed by atoms with Crippen LogP contribution in [0, 0.1) is 0 Å². The molecule has 1 aliphatic rings. The maximum Gasteiger partial charge on any atom is 0.338 e. The quantitative estimate of drug-likeness (QED) is 0.351. The summed E-state index contributed by atoms with van der Waals surface area (Å²) in [7, 11) is 0. The second kappa shape index (κ2) is 10.9. The van der Waals surface area contributed by atoms with Gasteiger partial charge in [0.15, 0.2) is 5.11 Å². The van der Waals surface area contributed by atoms with Gasteiger partial charge in [0.05, 0.1) is 24.8 Å². The van der Waals surface area contributed by atoms with Crippen LogP contribution >= 0.6 is 12.2 Å². The molecule has 0 spiro atoms. The van der Waals surface area contributed by atoms with Crippen LogP contribution in [0.15, 0.2) is 35.5 Å². The average molecular weight is 391 g/mol. The van der Waals surface area contributed by atoms with E-state index in [1.54, 1.807) is 0 Å². The van der Waals surface area contributed by atoms with Crippen LogP contribution in [0.4, 0.5) is 0 Å². The Hall–Kier alpha value is -2.08. The summed E-state index contributed by atoms with van der Waals surface area (Å²) in [6.07, 6.45) is 5.17. The number of carbonyl (C=O) groups excluding carboxylic acids is 1. The highest BCUT2D eigenvalue weighted by molar-refractivity contribution is 7.80. The first-order valence-electron chi connectivity index (χ1n) is 9.75. The number of hydrogen-bond donors (Lipinski definition) is 2. The Morgan fingerprint density at radius 1 is 1.11 bits per heavy atom. The van der Waals surface area contributed by atoms with E-state index in [1.165, 1.54) is 0 Å². The summed E-state index contributed by atoms with van der Waals surface area (Å²) >= 11 is 5.32. The minimum atomic E-state index is -0.394. The summed E-state index contributed by atoms with van der Waals surface area (Å²) in [5.74, 6) is 0.435. The number of unbranched alkanes of at least 4 members (excludes halogenated alkanes) is 3. The molecule has 27 heavy (non-hydrogen) atoms. The normalized spacial score (nSPS) is 16.6. The minimum absolute atomic E-state index is 0.318. The first-order chi connectivity index (χ1) is 13.1. The van der Waals surface area contributed by atoms with Gasteiger partial charge in [-0.3, -0.25) is 0 Å². The van der Waals surface area contributed by atoms with E-state index in [0.29, 0.717) is 29.6 Å². The molecule has 1 aromatic rings. The van der Waals surface area contributed by atoms with Crippen molar-refractivity contribution in [3.05, 3.63) is 41.1 Å². The Balaban J connectivity index is 2.22. The van der Waals surface area contributed by atoms with Crippen LogP contribution in [0.25, 0.3) is 0 Å². The van der Waals surface area contributed by atoms with E-state index < -0.39 is 6.04 Å². The van der Waals surface area contributed by atoms with E-state index in [4.69, 9.17) is 21.7 Å². The largest absolute Gasteiger partial charge is 0.493 e. The van der Waals surface area contributed by atoms with E-state index in [2.05, 4.69) is 24.5 Å². The van der Waals surface area contributed by atoms with Gasteiger partial charge in [-0.1, -0.05) is 51.3 Å². The van der Waals surface area contributed by atoms with E-state index >= 15 is 0 Å². The topological polar surface area (TPSA) is 59.6 Å². The number of nitrogens with one attached hydrogen (secondary N) is 2. The summed E-state index contributed by atoms with van der Waals surface area (Å²) in [5, 5.41) is 6.73. The van der Waals surface area contributed by atoms with Crippen LogP contribution in [0.3, 0.4) is 0 Å². The van der Waals surface area contributed by atoms with Crippen LogP contribution in [-0.4, -0.2) is 24.3 Å². The number of hydrogen-bond acceptors (Lipinski definition) is 4. The number of carbonyl (C=O) groups is 1. The van der Waals surface area contributed by atoms with Crippen molar-refractivity contribution in [2.75, 3.05) is 13.2 Å². The predicted octanol–water partition coefficient (Wildman–Crippen LogP) is 4.39. The minimum Gasteiger partial charge on any atom is -0.493 e. The molecular formula is C21H30N2O3S. The number of rotatable bonds is 10. The van der Waals surface area contributed by atoms with Gasteiger partial charge in [0.2, 0.25) is 0 Å². The third-order valence-corrected chi connectivity index (χ3v) is 4.63. The molecule has 148 valence electrons. The summed E-state index contributed by atoms with van der Waals surface area (Å²) in [6.45, 7) is 7.12. The van der Waals surface area contributed by atoms with Gasteiger partial charge in [0.25, 0.3) is 0 Å².